The van der Waals surface area contributed by atoms with E-state index in [0.29, 0.717) is 19.1 Å². The largest absolute Gasteiger partial charge is 0.336 e. The molecule has 1 atom stereocenters. The van der Waals surface area contributed by atoms with Gasteiger partial charge in [0, 0.05) is 31.1 Å². The Morgan fingerprint density at radius 3 is 2.79 bits per heavy atom. The van der Waals surface area contributed by atoms with Gasteiger partial charge in [0.25, 0.3) is 0 Å². The van der Waals surface area contributed by atoms with Crippen LogP contribution in [0.4, 0.5) is 4.79 Å². The van der Waals surface area contributed by atoms with Crippen LogP contribution in [0.3, 0.4) is 0 Å². The van der Waals surface area contributed by atoms with Crippen molar-refractivity contribution in [2.75, 3.05) is 37.9 Å². The summed E-state index contributed by atoms with van der Waals surface area (Å²) in [6.45, 7) is 8.72. The number of rotatable bonds is 5. The molecule has 0 radical (unpaired) electrons. The lowest BCUT2D eigenvalue weighted by Crippen LogP contribution is -2.39. The maximum Gasteiger partial charge on any atom is 0.336 e. The summed E-state index contributed by atoms with van der Waals surface area (Å²) in [6, 6.07) is 6.90. The molecule has 0 spiro atoms. The van der Waals surface area contributed by atoms with E-state index >= 15 is 0 Å². The minimum atomic E-state index is -0.0372. The zero-order valence-corrected chi connectivity index (χ0v) is 18.1. The summed E-state index contributed by atoms with van der Waals surface area (Å²) in [7, 11) is 2.23. The smallest absolute Gasteiger partial charge is 0.324 e. The predicted octanol–water partition coefficient (Wildman–Crippen LogP) is 4.40. The number of benzene rings is 1. The molecule has 0 unspecified atom stereocenters. The van der Waals surface area contributed by atoms with Crippen molar-refractivity contribution in [3.8, 4) is 0 Å². The number of aromatic nitrogens is 1. The maximum absolute atomic E-state index is 12.8. The minimum Gasteiger partial charge on any atom is -0.324 e. The van der Waals surface area contributed by atoms with Crippen molar-refractivity contribution in [1.29, 1.82) is 0 Å². The molecule has 0 fully saturated rings. The van der Waals surface area contributed by atoms with E-state index in [-0.39, 0.29) is 6.03 Å². The summed E-state index contributed by atoms with van der Waals surface area (Å²) in [4.78, 5) is 17.1. The lowest BCUT2D eigenvalue weighted by molar-refractivity contribution is 0.214. The Bertz CT molecular complexity index is 928. The van der Waals surface area contributed by atoms with Crippen molar-refractivity contribution in [2.45, 2.75) is 44.7 Å². The standard InChI is InChI=1S/C22H30N4OS/c1-5-25(6-2)22(27)23-26-18-12-8-10-16-15-11-9-13-24(4)19(15)14-17(20(16)18)21(26)28-7-3/h8,10-12,19H,5-7,9,13-14H2,1-4H3,(H,23,27)/t19-/m1/s1. The summed E-state index contributed by atoms with van der Waals surface area (Å²) in [5.74, 6) is 0.975. The zero-order valence-electron chi connectivity index (χ0n) is 17.3. The Hall–Kier alpha value is -1.92. The van der Waals surface area contributed by atoms with E-state index < -0.39 is 0 Å². The normalized spacial score (nSPS) is 18.7. The molecule has 1 N–H and O–H groups in total. The first-order valence-electron chi connectivity index (χ1n) is 10.4. The molecular formula is C22H30N4OS. The fourth-order valence-corrected chi connectivity index (χ4v) is 5.51. The molecule has 2 aliphatic rings. The Labute approximate surface area is 171 Å². The van der Waals surface area contributed by atoms with Gasteiger partial charge >= 0.3 is 6.03 Å². The lowest BCUT2D eigenvalue weighted by atomic mass is 9.82. The van der Waals surface area contributed by atoms with E-state index in [0.717, 1.165) is 30.7 Å². The fourth-order valence-electron chi connectivity index (χ4n) is 4.60. The highest BCUT2D eigenvalue weighted by molar-refractivity contribution is 7.99. The van der Waals surface area contributed by atoms with Crippen molar-refractivity contribution >= 4 is 34.3 Å². The van der Waals surface area contributed by atoms with Crippen LogP contribution in [-0.2, 0) is 6.42 Å². The van der Waals surface area contributed by atoms with Crippen molar-refractivity contribution in [3.05, 3.63) is 35.4 Å². The zero-order chi connectivity index (χ0) is 19.8. The van der Waals surface area contributed by atoms with Crippen LogP contribution in [-0.4, -0.2) is 59.0 Å². The highest BCUT2D eigenvalue weighted by atomic mass is 32.2. The lowest BCUT2D eigenvalue weighted by Gasteiger charge is -2.37. The van der Waals surface area contributed by atoms with Gasteiger partial charge in [-0.2, -0.15) is 0 Å². The molecule has 0 saturated heterocycles. The summed E-state index contributed by atoms with van der Waals surface area (Å²) in [5, 5.41) is 2.50. The Balaban J connectivity index is 1.88. The quantitative estimate of drug-likeness (QED) is 0.759. The number of carbonyl (C=O) groups is 1. The number of thioether (sulfide) groups is 1. The van der Waals surface area contributed by atoms with Gasteiger partial charge in [-0.1, -0.05) is 25.1 Å². The second-order valence-corrected chi connectivity index (χ2v) is 8.74. The highest BCUT2D eigenvalue weighted by Crippen LogP contribution is 2.44. The van der Waals surface area contributed by atoms with E-state index in [2.05, 4.69) is 48.6 Å². The Kier molecular flexibility index (Phi) is 5.43. The Morgan fingerprint density at radius 2 is 2.07 bits per heavy atom. The van der Waals surface area contributed by atoms with Crippen LogP contribution in [0.1, 0.15) is 38.3 Å². The van der Waals surface area contributed by atoms with Gasteiger partial charge in [-0.25, -0.2) is 14.9 Å². The molecule has 1 aromatic carbocycles. The number of hydrogen-bond donors (Lipinski definition) is 1. The first-order chi connectivity index (χ1) is 13.6. The second-order valence-electron chi connectivity index (χ2n) is 7.49. The SMILES string of the molecule is CCSc1c2c3c(cccc3n1NC(=O)N(CC)CC)C1=CCCN(C)[C@@H]1C2. The average Bonchev–Trinajstić information content (AvgIpc) is 2.98. The molecule has 2 amide bonds. The van der Waals surface area contributed by atoms with E-state index in [1.54, 1.807) is 0 Å². The fraction of sp³-hybridized carbons (Fsp3) is 0.500. The van der Waals surface area contributed by atoms with Crippen LogP contribution in [0, 0.1) is 0 Å². The number of urea groups is 1. The molecule has 5 nitrogen and oxygen atoms in total. The molecule has 1 aliphatic carbocycles. The van der Waals surface area contributed by atoms with Gasteiger partial charge in [0.05, 0.1) is 5.52 Å². The van der Waals surface area contributed by atoms with Crippen molar-refractivity contribution in [3.63, 3.8) is 0 Å². The van der Waals surface area contributed by atoms with Gasteiger partial charge in [-0.3, -0.25) is 4.90 Å². The van der Waals surface area contributed by atoms with Crippen LogP contribution >= 0.6 is 11.8 Å². The number of nitrogens with one attached hydrogen (secondary N) is 1. The topological polar surface area (TPSA) is 40.5 Å². The second kappa shape index (κ2) is 7.84. The van der Waals surface area contributed by atoms with Gasteiger partial charge in [-0.05, 0) is 62.3 Å². The van der Waals surface area contributed by atoms with E-state index in [1.807, 2.05) is 35.2 Å². The highest BCUT2D eigenvalue weighted by Gasteiger charge is 2.34. The third-order valence-corrected chi connectivity index (χ3v) is 7.02. The third kappa shape index (κ3) is 3.03. The molecule has 1 aromatic heterocycles. The molecule has 1 aliphatic heterocycles. The first kappa shape index (κ1) is 19.4. The van der Waals surface area contributed by atoms with Crippen molar-refractivity contribution in [1.82, 2.24) is 14.5 Å². The molecule has 0 saturated carbocycles. The van der Waals surface area contributed by atoms with Crippen molar-refractivity contribution in [2.24, 2.45) is 0 Å². The van der Waals surface area contributed by atoms with Gasteiger partial charge in [0.15, 0.2) is 0 Å². The first-order valence-corrected chi connectivity index (χ1v) is 11.3. The summed E-state index contributed by atoms with van der Waals surface area (Å²) < 4.78 is 2.04. The molecular weight excluding hydrogens is 368 g/mol. The molecule has 150 valence electrons. The van der Waals surface area contributed by atoms with Gasteiger partial charge in [-0.15, -0.1) is 11.8 Å². The number of hydrogen-bond acceptors (Lipinski definition) is 3. The molecule has 28 heavy (non-hydrogen) atoms. The average molecular weight is 399 g/mol. The van der Waals surface area contributed by atoms with Crippen LogP contribution < -0.4 is 5.43 Å². The predicted molar refractivity (Wildman–Crippen MR) is 119 cm³/mol. The van der Waals surface area contributed by atoms with E-state index in [9.17, 15) is 4.79 Å². The summed E-state index contributed by atoms with van der Waals surface area (Å²) in [6.07, 6.45) is 4.52. The van der Waals surface area contributed by atoms with Crippen LogP contribution in [0.5, 0.6) is 0 Å². The monoisotopic (exact) mass is 398 g/mol. The number of fused-ring (bicyclic) bond motifs is 2. The molecule has 6 heteroatoms. The van der Waals surface area contributed by atoms with Crippen molar-refractivity contribution < 1.29 is 4.79 Å². The minimum absolute atomic E-state index is 0.0372. The van der Waals surface area contributed by atoms with Crippen LogP contribution in [0.25, 0.3) is 16.5 Å². The molecule has 2 heterocycles. The number of likely N-dealkylation sites (N-methyl/N-ethyl adjacent to an activating group) is 1. The van der Waals surface area contributed by atoms with Crippen LogP contribution in [0.2, 0.25) is 0 Å². The third-order valence-electron chi connectivity index (χ3n) is 6.03. The van der Waals surface area contributed by atoms with Gasteiger partial charge in [0.1, 0.15) is 5.03 Å². The Morgan fingerprint density at radius 1 is 1.29 bits per heavy atom. The molecule has 0 bridgehead atoms. The number of amides is 2. The number of nitrogens with zero attached hydrogens (tertiary/aromatic N) is 3. The molecule has 2 aromatic rings. The van der Waals surface area contributed by atoms with E-state index in [4.69, 9.17) is 0 Å². The summed E-state index contributed by atoms with van der Waals surface area (Å²) >= 11 is 1.82. The maximum atomic E-state index is 12.8. The number of carbonyl (C=O) groups excluding carboxylic acids is 1. The van der Waals surface area contributed by atoms with E-state index in [1.165, 1.54) is 27.1 Å². The molecule has 4 rings (SSSR count). The van der Waals surface area contributed by atoms with Crippen LogP contribution in [0.15, 0.2) is 29.3 Å². The summed E-state index contributed by atoms with van der Waals surface area (Å²) in [5.41, 5.74) is 8.47. The van der Waals surface area contributed by atoms with Gasteiger partial charge < -0.3 is 4.90 Å². The van der Waals surface area contributed by atoms with Gasteiger partial charge in [0.2, 0.25) is 0 Å².